The van der Waals surface area contributed by atoms with Gasteiger partial charge in [-0.05, 0) is 37.5 Å². The molecule has 19 heavy (non-hydrogen) atoms. The van der Waals surface area contributed by atoms with Crippen molar-refractivity contribution in [1.82, 2.24) is 0 Å². The standard InChI is InChI=1S/C16H21FO2/c1-4-5-10-19-16(18)15(11-12(2)3)13-6-8-14(17)9-7-13/h6-9,15H,2,4-5,10-11H2,1,3H3. The molecule has 1 rings (SSSR count). The summed E-state index contributed by atoms with van der Waals surface area (Å²) in [5.41, 5.74) is 1.67. The van der Waals surface area contributed by atoms with Crippen molar-refractivity contribution >= 4 is 5.97 Å². The van der Waals surface area contributed by atoms with Gasteiger partial charge in [-0.15, -0.1) is 6.58 Å². The molecule has 0 amide bonds. The summed E-state index contributed by atoms with van der Waals surface area (Å²) in [6.07, 6.45) is 2.36. The number of hydrogen-bond donors (Lipinski definition) is 0. The zero-order chi connectivity index (χ0) is 14.3. The average molecular weight is 264 g/mol. The van der Waals surface area contributed by atoms with Gasteiger partial charge in [0.15, 0.2) is 0 Å². The van der Waals surface area contributed by atoms with Crippen molar-refractivity contribution in [2.45, 2.75) is 39.0 Å². The Morgan fingerprint density at radius 2 is 2.00 bits per heavy atom. The molecule has 1 atom stereocenters. The van der Waals surface area contributed by atoms with Gasteiger partial charge in [-0.1, -0.05) is 31.1 Å². The van der Waals surface area contributed by atoms with Gasteiger partial charge in [-0.25, -0.2) is 4.39 Å². The molecule has 0 aromatic heterocycles. The molecular formula is C16H21FO2. The second-order valence-electron chi connectivity index (χ2n) is 4.79. The number of carbonyl (C=O) groups is 1. The number of benzene rings is 1. The monoisotopic (exact) mass is 264 g/mol. The Labute approximate surface area is 114 Å². The summed E-state index contributed by atoms with van der Waals surface area (Å²) in [6, 6.07) is 5.98. The van der Waals surface area contributed by atoms with Crippen molar-refractivity contribution in [3.8, 4) is 0 Å². The number of ether oxygens (including phenoxy) is 1. The molecule has 0 spiro atoms. The van der Waals surface area contributed by atoms with E-state index in [0.29, 0.717) is 13.0 Å². The number of allylic oxidation sites excluding steroid dienone is 1. The first kappa shape index (κ1) is 15.4. The first-order valence-corrected chi connectivity index (χ1v) is 6.61. The summed E-state index contributed by atoms with van der Waals surface area (Å²) in [4.78, 5) is 12.1. The fourth-order valence-electron chi connectivity index (χ4n) is 1.80. The highest BCUT2D eigenvalue weighted by atomic mass is 19.1. The maximum atomic E-state index is 12.9. The topological polar surface area (TPSA) is 26.3 Å². The summed E-state index contributed by atoms with van der Waals surface area (Å²) < 4.78 is 18.2. The van der Waals surface area contributed by atoms with Gasteiger partial charge in [0, 0.05) is 0 Å². The molecule has 1 unspecified atom stereocenters. The van der Waals surface area contributed by atoms with E-state index in [1.165, 1.54) is 12.1 Å². The Kier molecular flexibility index (Phi) is 6.26. The van der Waals surface area contributed by atoms with Gasteiger partial charge in [-0.3, -0.25) is 4.79 Å². The number of unbranched alkanes of at least 4 members (excludes halogenated alkanes) is 1. The lowest BCUT2D eigenvalue weighted by atomic mass is 9.93. The molecule has 1 aromatic rings. The molecule has 0 heterocycles. The fourth-order valence-corrected chi connectivity index (χ4v) is 1.80. The quantitative estimate of drug-likeness (QED) is 0.419. The molecule has 0 aliphatic carbocycles. The highest BCUT2D eigenvalue weighted by Crippen LogP contribution is 2.25. The third-order valence-corrected chi connectivity index (χ3v) is 2.85. The molecule has 0 N–H and O–H groups in total. The first-order valence-electron chi connectivity index (χ1n) is 6.61. The van der Waals surface area contributed by atoms with E-state index in [2.05, 4.69) is 6.58 Å². The molecule has 2 nitrogen and oxygen atoms in total. The second kappa shape index (κ2) is 7.72. The maximum Gasteiger partial charge on any atom is 0.313 e. The molecule has 3 heteroatoms. The summed E-state index contributed by atoms with van der Waals surface area (Å²) in [5, 5.41) is 0. The third-order valence-electron chi connectivity index (χ3n) is 2.85. The molecule has 104 valence electrons. The van der Waals surface area contributed by atoms with Crippen LogP contribution in [0.4, 0.5) is 4.39 Å². The summed E-state index contributed by atoms with van der Waals surface area (Å²) >= 11 is 0. The van der Waals surface area contributed by atoms with Crippen LogP contribution in [0.2, 0.25) is 0 Å². The Hall–Kier alpha value is -1.64. The van der Waals surface area contributed by atoms with E-state index in [-0.39, 0.29) is 11.8 Å². The van der Waals surface area contributed by atoms with Crippen LogP contribution in [-0.4, -0.2) is 12.6 Å². The van der Waals surface area contributed by atoms with E-state index in [0.717, 1.165) is 24.0 Å². The van der Waals surface area contributed by atoms with Gasteiger partial charge < -0.3 is 4.74 Å². The van der Waals surface area contributed by atoms with Gasteiger partial charge in [0.2, 0.25) is 0 Å². The average Bonchev–Trinajstić information content (AvgIpc) is 2.37. The number of hydrogen-bond acceptors (Lipinski definition) is 2. The molecule has 0 aliphatic heterocycles. The van der Waals surface area contributed by atoms with Gasteiger partial charge in [0.05, 0.1) is 12.5 Å². The zero-order valence-electron chi connectivity index (χ0n) is 11.6. The summed E-state index contributed by atoms with van der Waals surface area (Å²) in [7, 11) is 0. The lowest BCUT2D eigenvalue weighted by Gasteiger charge is -2.16. The Balaban J connectivity index is 2.79. The minimum Gasteiger partial charge on any atom is -0.465 e. The molecular weight excluding hydrogens is 243 g/mol. The van der Waals surface area contributed by atoms with Crippen molar-refractivity contribution in [3.63, 3.8) is 0 Å². The van der Waals surface area contributed by atoms with E-state index in [1.54, 1.807) is 12.1 Å². The van der Waals surface area contributed by atoms with Crippen molar-refractivity contribution in [3.05, 3.63) is 47.8 Å². The molecule has 0 aliphatic rings. The van der Waals surface area contributed by atoms with E-state index >= 15 is 0 Å². The largest absolute Gasteiger partial charge is 0.465 e. The predicted octanol–water partition coefficient (Wildman–Crippen LogP) is 4.22. The van der Waals surface area contributed by atoms with Crippen molar-refractivity contribution < 1.29 is 13.9 Å². The van der Waals surface area contributed by atoms with Crippen LogP contribution in [0.3, 0.4) is 0 Å². The maximum absolute atomic E-state index is 12.9. The number of rotatable bonds is 7. The summed E-state index contributed by atoms with van der Waals surface area (Å²) in [5.74, 6) is -0.963. The van der Waals surface area contributed by atoms with Crippen LogP contribution in [0.15, 0.2) is 36.4 Å². The van der Waals surface area contributed by atoms with Gasteiger partial charge in [0.1, 0.15) is 5.82 Å². The smallest absolute Gasteiger partial charge is 0.313 e. The van der Waals surface area contributed by atoms with E-state index in [4.69, 9.17) is 4.74 Å². The van der Waals surface area contributed by atoms with Crippen LogP contribution in [0.25, 0.3) is 0 Å². The molecule has 0 bridgehead atoms. The van der Waals surface area contributed by atoms with Crippen LogP contribution in [-0.2, 0) is 9.53 Å². The summed E-state index contributed by atoms with van der Waals surface area (Å²) in [6.45, 7) is 8.18. The van der Waals surface area contributed by atoms with Crippen molar-refractivity contribution in [2.24, 2.45) is 0 Å². The van der Waals surface area contributed by atoms with Gasteiger partial charge in [0.25, 0.3) is 0 Å². The van der Waals surface area contributed by atoms with Gasteiger partial charge >= 0.3 is 5.97 Å². The Morgan fingerprint density at radius 1 is 1.37 bits per heavy atom. The van der Waals surface area contributed by atoms with E-state index < -0.39 is 5.92 Å². The molecule has 0 saturated heterocycles. The van der Waals surface area contributed by atoms with Crippen LogP contribution in [0, 0.1) is 5.82 Å². The zero-order valence-corrected chi connectivity index (χ0v) is 11.6. The number of esters is 1. The third kappa shape index (κ3) is 5.25. The van der Waals surface area contributed by atoms with E-state index in [1.807, 2.05) is 13.8 Å². The molecule has 1 aromatic carbocycles. The highest BCUT2D eigenvalue weighted by molar-refractivity contribution is 5.78. The molecule has 0 fully saturated rings. The minimum atomic E-state index is -0.394. The SMILES string of the molecule is C=C(C)CC(C(=O)OCCCC)c1ccc(F)cc1. The van der Waals surface area contributed by atoms with Crippen LogP contribution in [0.1, 0.15) is 44.6 Å². The molecule has 0 radical (unpaired) electrons. The second-order valence-corrected chi connectivity index (χ2v) is 4.79. The van der Waals surface area contributed by atoms with Crippen LogP contribution in [0.5, 0.6) is 0 Å². The Bertz CT molecular complexity index is 423. The van der Waals surface area contributed by atoms with Crippen molar-refractivity contribution in [2.75, 3.05) is 6.61 Å². The van der Waals surface area contributed by atoms with E-state index in [9.17, 15) is 9.18 Å². The van der Waals surface area contributed by atoms with Crippen LogP contribution >= 0.6 is 0 Å². The van der Waals surface area contributed by atoms with Gasteiger partial charge in [-0.2, -0.15) is 0 Å². The number of carbonyl (C=O) groups excluding carboxylic acids is 1. The van der Waals surface area contributed by atoms with Crippen molar-refractivity contribution in [1.29, 1.82) is 0 Å². The first-order chi connectivity index (χ1) is 9.04. The Morgan fingerprint density at radius 3 is 2.53 bits per heavy atom. The minimum absolute atomic E-state index is 0.261. The lowest BCUT2D eigenvalue weighted by molar-refractivity contribution is -0.145. The number of halogens is 1. The predicted molar refractivity (Wildman–Crippen MR) is 74.4 cm³/mol. The fraction of sp³-hybridized carbons (Fsp3) is 0.438. The normalized spacial score (nSPS) is 11.9. The molecule has 0 saturated carbocycles. The highest BCUT2D eigenvalue weighted by Gasteiger charge is 2.22. The lowest BCUT2D eigenvalue weighted by Crippen LogP contribution is -2.17. The van der Waals surface area contributed by atoms with Crippen LogP contribution < -0.4 is 0 Å².